The molecule has 0 aliphatic carbocycles. The SMILES string of the molecule is CCOC(=O)n1c(C)nc2cc([N+](=O)[O-])ccc21. The second-order valence-electron chi connectivity index (χ2n) is 3.62. The van der Waals surface area contributed by atoms with Crippen LogP contribution < -0.4 is 0 Å². The molecule has 2 rings (SSSR count). The summed E-state index contributed by atoms with van der Waals surface area (Å²) in [5, 5.41) is 10.7. The predicted molar refractivity (Wildman–Crippen MR) is 63.5 cm³/mol. The van der Waals surface area contributed by atoms with E-state index in [1.165, 1.54) is 22.8 Å². The van der Waals surface area contributed by atoms with Crippen molar-refractivity contribution in [3.63, 3.8) is 0 Å². The number of hydrogen-bond donors (Lipinski definition) is 0. The number of hydrogen-bond acceptors (Lipinski definition) is 5. The van der Waals surface area contributed by atoms with E-state index < -0.39 is 11.0 Å². The molecule has 2 aromatic rings. The van der Waals surface area contributed by atoms with Crippen LogP contribution in [-0.2, 0) is 4.74 Å². The topological polar surface area (TPSA) is 87.3 Å². The fourth-order valence-corrected chi connectivity index (χ4v) is 1.72. The van der Waals surface area contributed by atoms with Gasteiger partial charge >= 0.3 is 6.09 Å². The molecule has 1 heterocycles. The van der Waals surface area contributed by atoms with Crippen molar-refractivity contribution in [2.75, 3.05) is 6.61 Å². The summed E-state index contributed by atoms with van der Waals surface area (Å²) in [5.41, 5.74) is 0.835. The third-order valence-corrected chi connectivity index (χ3v) is 2.47. The molecule has 1 aromatic carbocycles. The lowest BCUT2D eigenvalue weighted by Gasteiger charge is -2.04. The molecule has 94 valence electrons. The van der Waals surface area contributed by atoms with Crippen molar-refractivity contribution in [1.82, 2.24) is 9.55 Å². The van der Waals surface area contributed by atoms with Crippen LogP contribution in [0.5, 0.6) is 0 Å². The van der Waals surface area contributed by atoms with Gasteiger partial charge in [-0.1, -0.05) is 0 Å². The van der Waals surface area contributed by atoms with E-state index in [-0.39, 0.29) is 12.3 Å². The number of rotatable bonds is 2. The number of non-ortho nitro benzene ring substituents is 1. The minimum atomic E-state index is -0.536. The molecule has 0 saturated heterocycles. The summed E-state index contributed by atoms with van der Waals surface area (Å²) in [7, 11) is 0. The first kappa shape index (κ1) is 12.0. The van der Waals surface area contributed by atoms with Crippen LogP contribution >= 0.6 is 0 Å². The van der Waals surface area contributed by atoms with Crippen LogP contribution in [0.1, 0.15) is 12.7 Å². The van der Waals surface area contributed by atoms with Gasteiger partial charge < -0.3 is 4.74 Å². The highest BCUT2D eigenvalue weighted by molar-refractivity contribution is 5.88. The summed E-state index contributed by atoms with van der Waals surface area (Å²) >= 11 is 0. The Balaban J connectivity index is 2.59. The third-order valence-electron chi connectivity index (χ3n) is 2.47. The lowest BCUT2D eigenvalue weighted by atomic mass is 10.3. The molecule has 18 heavy (non-hydrogen) atoms. The van der Waals surface area contributed by atoms with Crippen molar-refractivity contribution in [2.24, 2.45) is 0 Å². The smallest absolute Gasteiger partial charge is 0.419 e. The predicted octanol–water partition coefficient (Wildman–Crippen LogP) is 2.26. The maximum absolute atomic E-state index is 11.7. The molecule has 0 unspecified atom stereocenters. The standard InChI is InChI=1S/C11H11N3O4/c1-3-18-11(15)13-7(2)12-9-6-8(14(16)17)4-5-10(9)13/h4-6H,3H2,1-2H3. The zero-order chi connectivity index (χ0) is 13.3. The molecule has 0 saturated carbocycles. The molecule has 0 aliphatic heterocycles. The lowest BCUT2D eigenvalue weighted by Crippen LogP contribution is -2.14. The van der Waals surface area contributed by atoms with Gasteiger partial charge in [-0.25, -0.2) is 14.3 Å². The van der Waals surface area contributed by atoms with E-state index >= 15 is 0 Å². The molecular formula is C11H11N3O4. The van der Waals surface area contributed by atoms with Crippen LogP contribution in [0.3, 0.4) is 0 Å². The highest BCUT2D eigenvalue weighted by Gasteiger charge is 2.17. The molecular weight excluding hydrogens is 238 g/mol. The average Bonchev–Trinajstić information content (AvgIpc) is 2.63. The largest absolute Gasteiger partial charge is 0.449 e. The number of carbonyl (C=O) groups is 1. The normalized spacial score (nSPS) is 10.6. The maximum Gasteiger partial charge on any atom is 0.419 e. The minimum absolute atomic E-state index is 0.0593. The van der Waals surface area contributed by atoms with Crippen molar-refractivity contribution in [3.05, 3.63) is 34.1 Å². The second-order valence-corrected chi connectivity index (χ2v) is 3.62. The number of nitrogens with zero attached hydrogens (tertiary/aromatic N) is 3. The summed E-state index contributed by atoms with van der Waals surface area (Å²) < 4.78 is 6.20. The Morgan fingerprint density at radius 2 is 2.28 bits per heavy atom. The number of nitro benzene ring substituents is 1. The number of benzene rings is 1. The van der Waals surface area contributed by atoms with Gasteiger partial charge in [0, 0.05) is 12.1 Å². The molecule has 0 fully saturated rings. The number of aromatic nitrogens is 2. The van der Waals surface area contributed by atoms with E-state index in [4.69, 9.17) is 4.74 Å². The lowest BCUT2D eigenvalue weighted by molar-refractivity contribution is -0.384. The van der Waals surface area contributed by atoms with E-state index in [9.17, 15) is 14.9 Å². The fourth-order valence-electron chi connectivity index (χ4n) is 1.72. The molecule has 0 atom stereocenters. The quantitative estimate of drug-likeness (QED) is 0.601. The summed E-state index contributed by atoms with van der Waals surface area (Å²) in [5.74, 6) is 0.434. The monoisotopic (exact) mass is 249 g/mol. The first-order chi connectivity index (χ1) is 8.54. The van der Waals surface area contributed by atoms with Crippen molar-refractivity contribution in [3.8, 4) is 0 Å². The van der Waals surface area contributed by atoms with Crippen molar-refractivity contribution in [2.45, 2.75) is 13.8 Å². The van der Waals surface area contributed by atoms with Gasteiger partial charge in [0.05, 0.1) is 22.6 Å². The first-order valence-electron chi connectivity index (χ1n) is 5.35. The average molecular weight is 249 g/mol. The van der Waals surface area contributed by atoms with E-state index in [1.807, 2.05) is 0 Å². The summed E-state index contributed by atoms with van der Waals surface area (Å²) in [4.78, 5) is 26.0. The van der Waals surface area contributed by atoms with Crippen LogP contribution in [0, 0.1) is 17.0 Å². The van der Waals surface area contributed by atoms with Gasteiger partial charge in [0.1, 0.15) is 5.82 Å². The van der Waals surface area contributed by atoms with E-state index in [0.29, 0.717) is 16.9 Å². The maximum atomic E-state index is 11.7. The Bertz CT molecular complexity index is 632. The molecule has 0 radical (unpaired) electrons. The number of nitro groups is 1. The Hall–Kier alpha value is -2.44. The Labute approximate surface area is 102 Å². The van der Waals surface area contributed by atoms with Gasteiger partial charge in [0.15, 0.2) is 0 Å². The molecule has 0 aliphatic rings. The molecule has 0 spiro atoms. The Morgan fingerprint density at radius 3 is 2.89 bits per heavy atom. The molecule has 0 bridgehead atoms. The number of carbonyl (C=O) groups excluding carboxylic acids is 1. The molecule has 0 amide bonds. The van der Waals surface area contributed by atoms with Gasteiger partial charge in [-0.2, -0.15) is 0 Å². The van der Waals surface area contributed by atoms with Crippen molar-refractivity contribution < 1.29 is 14.5 Å². The van der Waals surface area contributed by atoms with Crippen LogP contribution in [-0.4, -0.2) is 27.2 Å². The fraction of sp³-hybridized carbons (Fsp3) is 0.273. The summed E-state index contributed by atoms with van der Waals surface area (Å²) in [6, 6.07) is 4.15. The number of imidazole rings is 1. The summed E-state index contributed by atoms with van der Waals surface area (Å²) in [6.07, 6.45) is -0.536. The van der Waals surface area contributed by atoms with Crippen LogP contribution in [0.2, 0.25) is 0 Å². The van der Waals surface area contributed by atoms with Gasteiger partial charge in [-0.05, 0) is 19.9 Å². The highest BCUT2D eigenvalue weighted by Crippen LogP contribution is 2.21. The Morgan fingerprint density at radius 1 is 1.56 bits per heavy atom. The second kappa shape index (κ2) is 4.44. The molecule has 7 heteroatoms. The zero-order valence-electron chi connectivity index (χ0n) is 9.91. The molecule has 0 N–H and O–H groups in total. The van der Waals surface area contributed by atoms with Crippen LogP contribution in [0.4, 0.5) is 10.5 Å². The zero-order valence-corrected chi connectivity index (χ0v) is 9.91. The minimum Gasteiger partial charge on any atom is -0.449 e. The summed E-state index contributed by atoms with van der Waals surface area (Å²) in [6.45, 7) is 3.60. The first-order valence-corrected chi connectivity index (χ1v) is 5.35. The number of aryl methyl sites for hydroxylation is 1. The van der Waals surface area contributed by atoms with Gasteiger partial charge in [-0.15, -0.1) is 0 Å². The van der Waals surface area contributed by atoms with Crippen LogP contribution in [0.15, 0.2) is 18.2 Å². The van der Waals surface area contributed by atoms with Crippen molar-refractivity contribution >= 4 is 22.8 Å². The van der Waals surface area contributed by atoms with Crippen LogP contribution in [0.25, 0.3) is 11.0 Å². The molecule has 1 aromatic heterocycles. The molecule has 7 nitrogen and oxygen atoms in total. The van der Waals surface area contributed by atoms with Gasteiger partial charge in [-0.3, -0.25) is 10.1 Å². The highest BCUT2D eigenvalue weighted by atomic mass is 16.6. The van der Waals surface area contributed by atoms with Gasteiger partial charge in [0.25, 0.3) is 5.69 Å². The van der Waals surface area contributed by atoms with E-state index in [0.717, 1.165) is 0 Å². The van der Waals surface area contributed by atoms with Gasteiger partial charge in [0.2, 0.25) is 0 Å². The number of fused-ring (bicyclic) bond motifs is 1. The number of ether oxygens (including phenoxy) is 1. The van der Waals surface area contributed by atoms with E-state index in [2.05, 4.69) is 4.98 Å². The third kappa shape index (κ3) is 1.90. The Kier molecular flexibility index (Phi) is 2.97. The van der Waals surface area contributed by atoms with E-state index in [1.54, 1.807) is 13.8 Å². The van der Waals surface area contributed by atoms with Crippen molar-refractivity contribution in [1.29, 1.82) is 0 Å².